The van der Waals surface area contributed by atoms with E-state index in [0.717, 1.165) is 6.07 Å². The predicted octanol–water partition coefficient (Wildman–Crippen LogP) is 4.30. The van der Waals surface area contributed by atoms with Crippen LogP contribution in [0.25, 0.3) is 11.1 Å². The molecule has 3 nitrogen and oxygen atoms in total. The first-order valence-corrected chi connectivity index (χ1v) is 6.35. The molecule has 0 heterocycles. The maximum atomic E-state index is 13.9. The van der Waals surface area contributed by atoms with Crippen LogP contribution >= 0.6 is 22.6 Å². The van der Waals surface area contributed by atoms with Crippen molar-refractivity contribution in [2.24, 2.45) is 0 Å². The predicted molar refractivity (Wildman–Crippen MR) is 76.6 cm³/mol. The lowest BCUT2D eigenvalue weighted by Crippen LogP contribution is -1.96. The number of nitriles is 1. The lowest BCUT2D eigenvalue weighted by molar-refractivity contribution is 0.230. The van der Waals surface area contributed by atoms with Gasteiger partial charge >= 0.3 is 3.98 Å². The molecule has 2 aromatic rings. The average molecular weight is 367 g/mol. The Morgan fingerprint density at radius 1 is 1.21 bits per heavy atom. The van der Waals surface area contributed by atoms with E-state index in [9.17, 15) is 9.18 Å². The summed E-state index contributed by atoms with van der Waals surface area (Å²) in [6.07, 6.45) is 0. The number of ether oxygens (including phenoxy) is 1. The minimum absolute atomic E-state index is 0.161. The highest BCUT2D eigenvalue weighted by Gasteiger charge is 2.08. The molecule has 0 amide bonds. The fourth-order valence-corrected chi connectivity index (χ4v) is 1.86. The SMILES string of the molecule is N#Cc1ccc(-c2ccc(OC(=O)I)cc2F)cc1. The number of halogens is 2. The molecule has 94 valence electrons. The summed E-state index contributed by atoms with van der Waals surface area (Å²) in [4.78, 5) is 10.8. The van der Waals surface area contributed by atoms with Gasteiger partial charge in [-0.2, -0.15) is 5.26 Å². The zero-order valence-electron chi connectivity index (χ0n) is 9.56. The summed E-state index contributed by atoms with van der Waals surface area (Å²) in [6, 6.07) is 12.8. The highest BCUT2D eigenvalue weighted by atomic mass is 127. The summed E-state index contributed by atoms with van der Waals surface area (Å²) in [6.45, 7) is 0. The van der Waals surface area contributed by atoms with Gasteiger partial charge in [-0.25, -0.2) is 9.18 Å². The normalized spacial score (nSPS) is 9.74. The van der Waals surface area contributed by atoms with Crippen LogP contribution in [-0.4, -0.2) is 3.98 Å². The fraction of sp³-hybridized carbons (Fsp3) is 0. The molecule has 0 radical (unpaired) electrons. The molecule has 0 aliphatic heterocycles. The van der Waals surface area contributed by atoms with Crippen molar-refractivity contribution in [3.8, 4) is 22.9 Å². The molecule has 0 N–H and O–H groups in total. The monoisotopic (exact) mass is 367 g/mol. The largest absolute Gasteiger partial charge is 0.419 e. The summed E-state index contributed by atoms with van der Waals surface area (Å²) < 4.78 is 18.2. The summed E-state index contributed by atoms with van der Waals surface area (Å²) in [5.74, 6) is -0.325. The minimum Gasteiger partial charge on any atom is -0.419 e. The highest BCUT2D eigenvalue weighted by molar-refractivity contribution is 14.1. The standard InChI is InChI=1S/C14H7FINO2/c15-13-7-11(19-14(16)18)5-6-12(13)10-3-1-9(8-17)2-4-10/h1-7H. The van der Waals surface area contributed by atoms with Crippen molar-refractivity contribution in [3.05, 3.63) is 53.8 Å². The van der Waals surface area contributed by atoms with Gasteiger partial charge < -0.3 is 4.74 Å². The van der Waals surface area contributed by atoms with Gasteiger partial charge in [-0.3, -0.25) is 0 Å². The fourth-order valence-electron chi connectivity index (χ4n) is 1.61. The van der Waals surface area contributed by atoms with Crippen molar-refractivity contribution in [2.45, 2.75) is 0 Å². The van der Waals surface area contributed by atoms with Crippen LogP contribution < -0.4 is 4.74 Å². The first-order valence-electron chi connectivity index (χ1n) is 5.27. The van der Waals surface area contributed by atoms with Gasteiger partial charge in [0.1, 0.15) is 11.6 Å². The number of hydrogen-bond acceptors (Lipinski definition) is 3. The van der Waals surface area contributed by atoms with Gasteiger partial charge in [-0.15, -0.1) is 0 Å². The van der Waals surface area contributed by atoms with E-state index in [-0.39, 0.29) is 5.75 Å². The summed E-state index contributed by atoms with van der Waals surface area (Å²) >= 11 is 1.47. The molecule has 0 atom stereocenters. The Morgan fingerprint density at radius 3 is 2.42 bits per heavy atom. The van der Waals surface area contributed by atoms with Crippen LogP contribution in [0.2, 0.25) is 0 Å². The van der Waals surface area contributed by atoms with Gasteiger partial charge in [0.2, 0.25) is 0 Å². The number of carbonyl (C=O) groups excluding carboxylic acids is 1. The Kier molecular flexibility index (Phi) is 4.12. The summed E-state index contributed by atoms with van der Waals surface area (Å²) in [5.41, 5.74) is 1.56. The lowest BCUT2D eigenvalue weighted by Gasteiger charge is -2.06. The maximum Gasteiger partial charge on any atom is 0.372 e. The van der Waals surface area contributed by atoms with Crippen molar-refractivity contribution in [3.63, 3.8) is 0 Å². The van der Waals surface area contributed by atoms with E-state index in [1.165, 1.54) is 34.7 Å². The molecule has 0 aliphatic rings. The molecule has 0 fully saturated rings. The lowest BCUT2D eigenvalue weighted by atomic mass is 10.0. The van der Waals surface area contributed by atoms with E-state index in [1.807, 2.05) is 6.07 Å². The van der Waals surface area contributed by atoms with Crippen LogP contribution in [0.4, 0.5) is 9.18 Å². The third-order valence-electron chi connectivity index (χ3n) is 2.46. The van der Waals surface area contributed by atoms with Crippen molar-refractivity contribution in [1.82, 2.24) is 0 Å². The molecule has 0 bridgehead atoms. The minimum atomic E-state index is -0.525. The van der Waals surface area contributed by atoms with Gasteiger partial charge in [-0.05, 0) is 29.8 Å². The van der Waals surface area contributed by atoms with Crippen molar-refractivity contribution in [1.29, 1.82) is 5.26 Å². The second kappa shape index (κ2) is 5.80. The molecular weight excluding hydrogens is 360 g/mol. The van der Waals surface area contributed by atoms with E-state index < -0.39 is 9.79 Å². The Hall–Kier alpha value is -1.94. The first kappa shape index (κ1) is 13.5. The van der Waals surface area contributed by atoms with E-state index in [0.29, 0.717) is 16.7 Å². The maximum absolute atomic E-state index is 13.9. The first-order chi connectivity index (χ1) is 9.10. The molecule has 0 aromatic heterocycles. The average Bonchev–Trinajstić information content (AvgIpc) is 2.38. The topological polar surface area (TPSA) is 50.1 Å². The third kappa shape index (κ3) is 3.29. The second-order valence-electron chi connectivity index (χ2n) is 3.67. The quantitative estimate of drug-likeness (QED) is 0.588. The zero-order valence-corrected chi connectivity index (χ0v) is 11.7. The smallest absolute Gasteiger partial charge is 0.372 e. The zero-order chi connectivity index (χ0) is 13.8. The van der Waals surface area contributed by atoms with Crippen molar-refractivity contribution >= 4 is 26.6 Å². The number of nitrogens with zero attached hydrogens (tertiary/aromatic N) is 1. The molecule has 5 heteroatoms. The van der Waals surface area contributed by atoms with Crippen LogP contribution in [-0.2, 0) is 0 Å². The van der Waals surface area contributed by atoms with Gasteiger partial charge in [0, 0.05) is 11.6 Å². The second-order valence-corrected chi connectivity index (χ2v) is 4.55. The summed E-state index contributed by atoms with van der Waals surface area (Å²) in [5, 5.41) is 8.70. The molecule has 19 heavy (non-hydrogen) atoms. The molecule has 2 aromatic carbocycles. The van der Waals surface area contributed by atoms with E-state index in [1.54, 1.807) is 24.3 Å². The van der Waals surface area contributed by atoms with Crippen LogP contribution in [0.3, 0.4) is 0 Å². The Balaban J connectivity index is 2.34. The Labute approximate surface area is 122 Å². The molecule has 2 rings (SSSR count). The van der Waals surface area contributed by atoms with Gasteiger partial charge in [-0.1, -0.05) is 12.1 Å². The molecule has 0 spiro atoms. The Morgan fingerprint density at radius 2 is 1.89 bits per heavy atom. The third-order valence-corrected chi connectivity index (χ3v) is 2.68. The van der Waals surface area contributed by atoms with Crippen molar-refractivity contribution in [2.75, 3.05) is 0 Å². The number of benzene rings is 2. The van der Waals surface area contributed by atoms with Gasteiger partial charge in [0.15, 0.2) is 0 Å². The van der Waals surface area contributed by atoms with E-state index in [2.05, 4.69) is 0 Å². The van der Waals surface area contributed by atoms with Crippen LogP contribution in [0, 0.1) is 17.1 Å². The van der Waals surface area contributed by atoms with Crippen molar-refractivity contribution < 1.29 is 13.9 Å². The molecule has 0 saturated carbocycles. The Bertz CT molecular complexity index is 662. The molecule has 0 aliphatic carbocycles. The van der Waals surface area contributed by atoms with Crippen LogP contribution in [0.5, 0.6) is 5.75 Å². The summed E-state index contributed by atoms with van der Waals surface area (Å²) in [7, 11) is 0. The van der Waals surface area contributed by atoms with E-state index >= 15 is 0 Å². The van der Waals surface area contributed by atoms with E-state index in [4.69, 9.17) is 10.00 Å². The number of carbonyl (C=O) groups is 1. The molecule has 0 unspecified atom stereocenters. The van der Waals surface area contributed by atoms with Crippen LogP contribution in [0.1, 0.15) is 5.56 Å². The number of hydrogen-bond donors (Lipinski definition) is 0. The number of rotatable bonds is 2. The highest BCUT2D eigenvalue weighted by Crippen LogP contribution is 2.26. The molecular formula is C14H7FINO2. The molecule has 0 saturated heterocycles. The van der Waals surface area contributed by atoms with Crippen LogP contribution in [0.15, 0.2) is 42.5 Å². The van der Waals surface area contributed by atoms with Gasteiger partial charge in [0.05, 0.1) is 34.2 Å². The van der Waals surface area contributed by atoms with Gasteiger partial charge in [0.25, 0.3) is 0 Å².